The quantitative estimate of drug-likeness (QED) is 0.790. The number of fused-ring (bicyclic) bond motifs is 1. The second-order valence-electron chi connectivity index (χ2n) is 3.00. The van der Waals surface area contributed by atoms with Crippen LogP contribution >= 0.6 is 11.6 Å². The first-order valence-corrected chi connectivity index (χ1v) is 4.91. The summed E-state index contributed by atoms with van der Waals surface area (Å²) < 4.78 is 5.09. The minimum Gasteiger partial charge on any atom is -0.496 e. The molecule has 0 amide bonds. The second-order valence-corrected chi connectivity index (χ2v) is 3.27. The molecule has 4 nitrogen and oxygen atoms in total. The normalized spacial score (nSPS) is 10.5. The number of aromatic amines is 1. The molecule has 0 atom stereocenters. The van der Waals surface area contributed by atoms with E-state index in [1.807, 2.05) is 0 Å². The average molecular weight is 225 g/mol. The fourth-order valence-electron chi connectivity index (χ4n) is 1.44. The first-order chi connectivity index (χ1) is 7.26. The highest BCUT2D eigenvalue weighted by Crippen LogP contribution is 2.19. The number of methoxy groups -OCH3 is 1. The van der Waals surface area contributed by atoms with E-state index in [-0.39, 0.29) is 11.4 Å². The van der Waals surface area contributed by atoms with Gasteiger partial charge in [0, 0.05) is 0 Å². The summed E-state index contributed by atoms with van der Waals surface area (Å²) in [5.74, 6) is 1.16. The predicted molar refractivity (Wildman–Crippen MR) is 58.5 cm³/mol. The summed E-state index contributed by atoms with van der Waals surface area (Å²) in [6, 6.07) is 5.26. The Morgan fingerprint density at radius 2 is 2.33 bits per heavy atom. The Kier molecular flexibility index (Phi) is 2.60. The van der Waals surface area contributed by atoms with E-state index in [2.05, 4.69) is 9.97 Å². The van der Waals surface area contributed by atoms with Crippen LogP contribution in [0.3, 0.4) is 0 Å². The molecule has 0 aliphatic carbocycles. The van der Waals surface area contributed by atoms with Crippen molar-refractivity contribution in [1.82, 2.24) is 9.97 Å². The topological polar surface area (TPSA) is 55.0 Å². The van der Waals surface area contributed by atoms with Gasteiger partial charge in [-0.1, -0.05) is 6.07 Å². The highest BCUT2D eigenvalue weighted by atomic mass is 35.5. The van der Waals surface area contributed by atoms with Crippen LogP contribution < -0.4 is 10.3 Å². The highest BCUT2D eigenvalue weighted by molar-refractivity contribution is 6.16. The van der Waals surface area contributed by atoms with Crippen molar-refractivity contribution in [2.75, 3.05) is 7.11 Å². The largest absolute Gasteiger partial charge is 0.496 e. The van der Waals surface area contributed by atoms with Crippen LogP contribution in [0.1, 0.15) is 5.82 Å². The number of ether oxygens (including phenoxy) is 1. The lowest BCUT2D eigenvalue weighted by Crippen LogP contribution is -2.11. The zero-order valence-electron chi connectivity index (χ0n) is 8.08. The van der Waals surface area contributed by atoms with Gasteiger partial charge in [0.05, 0.1) is 18.5 Å². The maximum absolute atomic E-state index is 11.7. The SMILES string of the molecule is COc1cccc2nc(CCl)[nH]c(=O)c12. The standard InChI is InChI=1S/C10H9ClN2O2/c1-15-7-4-2-3-6-9(7)10(14)13-8(5-11)12-6/h2-4H,5H2,1H3,(H,12,13,14). The van der Waals surface area contributed by atoms with Crippen molar-refractivity contribution in [3.8, 4) is 5.75 Å². The molecule has 0 radical (unpaired) electrons. The molecule has 0 bridgehead atoms. The first kappa shape index (κ1) is 9.98. The van der Waals surface area contributed by atoms with Gasteiger partial charge in [-0.05, 0) is 12.1 Å². The smallest absolute Gasteiger partial charge is 0.262 e. The van der Waals surface area contributed by atoms with Gasteiger partial charge in [0.1, 0.15) is 17.0 Å². The molecule has 1 aromatic heterocycles. The lowest BCUT2D eigenvalue weighted by Gasteiger charge is -2.04. The number of H-pyrrole nitrogens is 1. The predicted octanol–water partition coefficient (Wildman–Crippen LogP) is 1.67. The Hall–Kier alpha value is -1.55. The van der Waals surface area contributed by atoms with E-state index in [1.54, 1.807) is 18.2 Å². The summed E-state index contributed by atoms with van der Waals surface area (Å²) >= 11 is 5.61. The van der Waals surface area contributed by atoms with Crippen LogP contribution in [-0.4, -0.2) is 17.1 Å². The maximum Gasteiger partial charge on any atom is 0.262 e. The van der Waals surface area contributed by atoms with Crippen LogP contribution in [0.2, 0.25) is 0 Å². The molecule has 1 aromatic carbocycles. The Morgan fingerprint density at radius 3 is 3.00 bits per heavy atom. The molecule has 0 spiro atoms. The fourth-order valence-corrected chi connectivity index (χ4v) is 1.57. The molecule has 5 heteroatoms. The second kappa shape index (κ2) is 3.90. The van der Waals surface area contributed by atoms with Crippen LogP contribution in [0.15, 0.2) is 23.0 Å². The Labute approximate surface area is 90.9 Å². The van der Waals surface area contributed by atoms with E-state index in [9.17, 15) is 4.79 Å². The molecular weight excluding hydrogens is 216 g/mol. The van der Waals surface area contributed by atoms with Gasteiger partial charge in [-0.15, -0.1) is 11.6 Å². The van der Waals surface area contributed by atoms with E-state index < -0.39 is 0 Å². The van der Waals surface area contributed by atoms with Crippen molar-refractivity contribution in [1.29, 1.82) is 0 Å². The van der Waals surface area contributed by atoms with Gasteiger partial charge >= 0.3 is 0 Å². The van der Waals surface area contributed by atoms with E-state index in [4.69, 9.17) is 16.3 Å². The molecule has 0 fully saturated rings. The maximum atomic E-state index is 11.7. The highest BCUT2D eigenvalue weighted by Gasteiger charge is 2.07. The van der Waals surface area contributed by atoms with Gasteiger partial charge in [0.15, 0.2) is 0 Å². The number of hydrogen-bond acceptors (Lipinski definition) is 3. The van der Waals surface area contributed by atoms with Crippen molar-refractivity contribution in [2.24, 2.45) is 0 Å². The van der Waals surface area contributed by atoms with E-state index in [0.29, 0.717) is 22.5 Å². The minimum absolute atomic E-state index is 0.183. The number of rotatable bonds is 2. The molecule has 78 valence electrons. The van der Waals surface area contributed by atoms with Crippen LogP contribution in [0, 0.1) is 0 Å². The van der Waals surface area contributed by atoms with E-state index >= 15 is 0 Å². The Balaban J connectivity index is 2.85. The lowest BCUT2D eigenvalue weighted by atomic mass is 10.2. The third-order valence-electron chi connectivity index (χ3n) is 2.09. The summed E-state index contributed by atoms with van der Waals surface area (Å²) in [5.41, 5.74) is 0.363. The minimum atomic E-state index is -0.229. The molecule has 0 aliphatic rings. The molecule has 1 heterocycles. The van der Waals surface area contributed by atoms with Gasteiger partial charge in [-0.2, -0.15) is 0 Å². The Bertz CT molecular complexity index is 551. The van der Waals surface area contributed by atoms with Gasteiger partial charge < -0.3 is 9.72 Å². The van der Waals surface area contributed by atoms with Crippen LogP contribution in [0.25, 0.3) is 10.9 Å². The summed E-state index contributed by atoms with van der Waals surface area (Å²) in [4.78, 5) is 18.5. The fraction of sp³-hybridized carbons (Fsp3) is 0.200. The van der Waals surface area contributed by atoms with Gasteiger partial charge in [0.2, 0.25) is 0 Å². The number of halogens is 1. The third-order valence-corrected chi connectivity index (χ3v) is 2.34. The Morgan fingerprint density at radius 1 is 1.53 bits per heavy atom. The molecular formula is C10H9ClN2O2. The molecule has 2 rings (SSSR count). The monoisotopic (exact) mass is 224 g/mol. The molecule has 1 N–H and O–H groups in total. The summed E-state index contributed by atoms with van der Waals surface area (Å²) in [7, 11) is 1.52. The molecule has 0 aliphatic heterocycles. The zero-order valence-corrected chi connectivity index (χ0v) is 8.84. The number of nitrogens with zero attached hydrogens (tertiary/aromatic N) is 1. The average Bonchev–Trinajstić information content (AvgIpc) is 2.27. The number of nitrogens with one attached hydrogen (secondary N) is 1. The van der Waals surface area contributed by atoms with Crippen molar-refractivity contribution in [2.45, 2.75) is 5.88 Å². The number of benzene rings is 1. The van der Waals surface area contributed by atoms with Crippen molar-refractivity contribution in [3.63, 3.8) is 0 Å². The van der Waals surface area contributed by atoms with Gasteiger partial charge in [0.25, 0.3) is 5.56 Å². The van der Waals surface area contributed by atoms with E-state index in [0.717, 1.165) is 0 Å². The van der Waals surface area contributed by atoms with Crippen LogP contribution in [-0.2, 0) is 5.88 Å². The van der Waals surface area contributed by atoms with Crippen LogP contribution in [0.5, 0.6) is 5.75 Å². The summed E-state index contributed by atoms with van der Waals surface area (Å²) in [6.07, 6.45) is 0. The third kappa shape index (κ3) is 1.68. The van der Waals surface area contributed by atoms with Crippen molar-refractivity contribution in [3.05, 3.63) is 34.4 Å². The van der Waals surface area contributed by atoms with Gasteiger partial charge in [-0.25, -0.2) is 4.98 Å². The summed E-state index contributed by atoms with van der Waals surface area (Å²) in [6.45, 7) is 0. The molecule has 2 aromatic rings. The molecule has 0 saturated heterocycles. The number of hydrogen-bond donors (Lipinski definition) is 1. The number of alkyl halides is 1. The summed E-state index contributed by atoms with van der Waals surface area (Å²) in [5, 5.41) is 0.453. The van der Waals surface area contributed by atoms with Crippen LogP contribution in [0.4, 0.5) is 0 Å². The van der Waals surface area contributed by atoms with E-state index in [1.165, 1.54) is 7.11 Å². The van der Waals surface area contributed by atoms with Crippen molar-refractivity contribution >= 4 is 22.5 Å². The lowest BCUT2D eigenvalue weighted by molar-refractivity contribution is 0.419. The van der Waals surface area contributed by atoms with Crippen molar-refractivity contribution < 1.29 is 4.74 Å². The molecule has 0 saturated carbocycles. The first-order valence-electron chi connectivity index (χ1n) is 4.38. The van der Waals surface area contributed by atoms with Gasteiger partial charge in [-0.3, -0.25) is 4.79 Å². The number of aromatic nitrogens is 2. The zero-order chi connectivity index (χ0) is 10.8. The molecule has 0 unspecified atom stereocenters. The molecule has 15 heavy (non-hydrogen) atoms.